The zero-order valence-electron chi connectivity index (χ0n) is 21.7. The quantitative estimate of drug-likeness (QED) is 0.168. The van der Waals surface area contributed by atoms with Crippen molar-refractivity contribution in [3.05, 3.63) is 96.3 Å². The van der Waals surface area contributed by atoms with Crippen LogP contribution in [0.5, 0.6) is 11.5 Å². The lowest BCUT2D eigenvalue weighted by atomic mass is 10.1. The Hall–Kier alpha value is -4.16. The number of nitro groups is 1. The van der Waals surface area contributed by atoms with Gasteiger partial charge in [0.05, 0.1) is 23.5 Å². The van der Waals surface area contributed by atoms with Crippen molar-refractivity contribution in [3.8, 4) is 11.5 Å². The van der Waals surface area contributed by atoms with E-state index in [9.17, 15) is 24.5 Å². The Morgan fingerprint density at radius 2 is 1.80 bits per heavy atom. The van der Waals surface area contributed by atoms with Crippen molar-refractivity contribution in [3.63, 3.8) is 0 Å². The summed E-state index contributed by atoms with van der Waals surface area (Å²) < 4.78 is 12.1. The van der Waals surface area contributed by atoms with Crippen molar-refractivity contribution in [1.29, 1.82) is 0 Å². The molecule has 4 rings (SSSR count). The van der Waals surface area contributed by atoms with Crippen LogP contribution in [0, 0.1) is 24.0 Å². The van der Waals surface area contributed by atoms with E-state index in [1.54, 1.807) is 24.3 Å². The number of methoxy groups -OCH3 is 1. The number of rotatable bonds is 9. The van der Waals surface area contributed by atoms with Crippen LogP contribution in [0.15, 0.2) is 64.0 Å². The number of imide groups is 1. The van der Waals surface area contributed by atoms with Crippen LogP contribution in [-0.2, 0) is 16.1 Å². The summed E-state index contributed by atoms with van der Waals surface area (Å²) >= 11 is 4.27. The molecule has 1 heterocycles. The second-order valence-corrected chi connectivity index (χ2v) is 10.6. The van der Waals surface area contributed by atoms with Gasteiger partial charge in [-0.05, 0) is 78.2 Å². The standard InChI is InChI=1S/C28H24BrN3O7S/c1-16-17(2)22(10-9-21(16)29)30-26(33)15-39-23-11-6-19(12-24(23)38-3)13-25-27(34)31(28(35)40-25)14-18-4-7-20(8-5-18)32(36)37/h4-13H,14-15H2,1-3H3,(H,30,33)/b25-13-. The maximum atomic E-state index is 12.9. The van der Waals surface area contributed by atoms with Gasteiger partial charge in [0.15, 0.2) is 18.1 Å². The Kier molecular flexibility index (Phi) is 8.90. The number of carbonyl (C=O) groups excluding carboxylic acids is 3. The molecule has 0 atom stereocenters. The zero-order chi connectivity index (χ0) is 29.0. The first-order valence-electron chi connectivity index (χ1n) is 11.9. The number of ether oxygens (including phenoxy) is 2. The minimum atomic E-state index is -0.516. The van der Waals surface area contributed by atoms with E-state index < -0.39 is 16.1 Å². The second-order valence-electron chi connectivity index (χ2n) is 8.78. The monoisotopic (exact) mass is 625 g/mol. The van der Waals surface area contributed by atoms with Crippen LogP contribution in [0.25, 0.3) is 6.08 Å². The fraction of sp³-hybridized carbons (Fsp3) is 0.179. The van der Waals surface area contributed by atoms with Crippen LogP contribution in [0.1, 0.15) is 22.3 Å². The first-order chi connectivity index (χ1) is 19.1. The molecule has 3 aromatic carbocycles. The number of carbonyl (C=O) groups is 3. The van der Waals surface area contributed by atoms with Gasteiger partial charge in [-0.25, -0.2) is 0 Å². The summed E-state index contributed by atoms with van der Waals surface area (Å²) in [6.45, 7) is 3.63. The van der Waals surface area contributed by atoms with Gasteiger partial charge >= 0.3 is 0 Å². The largest absolute Gasteiger partial charge is 0.493 e. The Bertz CT molecular complexity index is 1540. The normalized spacial score (nSPS) is 14.0. The van der Waals surface area contributed by atoms with Crippen LogP contribution in [0.2, 0.25) is 0 Å². The average Bonchev–Trinajstić information content (AvgIpc) is 3.20. The molecule has 0 aromatic heterocycles. The number of thioether (sulfide) groups is 1. The number of nitrogens with one attached hydrogen (secondary N) is 1. The fourth-order valence-electron chi connectivity index (χ4n) is 3.84. The van der Waals surface area contributed by atoms with Gasteiger partial charge in [0, 0.05) is 22.3 Å². The summed E-state index contributed by atoms with van der Waals surface area (Å²) in [4.78, 5) is 49.6. The van der Waals surface area contributed by atoms with E-state index in [4.69, 9.17) is 9.47 Å². The van der Waals surface area contributed by atoms with Gasteiger partial charge in [-0.1, -0.05) is 34.1 Å². The summed E-state index contributed by atoms with van der Waals surface area (Å²) in [5.41, 5.74) is 3.78. The molecule has 1 fully saturated rings. The number of non-ortho nitro benzene ring substituents is 1. The Morgan fingerprint density at radius 3 is 2.48 bits per heavy atom. The fourth-order valence-corrected chi connectivity index (χ4v) is 5.11. The van der Waals surface area contributed by atoms with Gasteiger partial charge in [0.25, 0.3) is 22.7 Å². The van der Waals surface area contributed by atoms with Crippen molar-refractivity contribution in [2.24, 2.45) is 0 Å². The summed E-state index contributed by atoms with van der Waals surface area (Å²) in [5, 5.41) is 13.2. The summed E-state index contributed by atoms with van der Waals surface area (Å²) in [6.07, 6.45) is 1.57. The molecule has 1 aliphatic rings. The summed E-state index contributed by atoms with van der Waals surface area (Å²) in [7, 11) is 1.46. The van der Waals surface area contributed by atoms with Crippen LogP contribution < -0.4 is 14.8 Å². The van der Waals surface area contributed by atoms with Crippen LogP contribution in [0.3, 0.4) is 0 Å². The molecule has 1 N–H and O–H groups in total. The van der Waals surface area contributed by atoms with Crippen molar-refractivity contribution < 1.29 is 28.8 Å². The minimum absolute atomic E-state index is 0.00247. The molecule has 1 aliphatic heterocycles. The molecule has 0 radical (unpaired) electrons. The Balaban J connectivity index is 1.41. The number of anilines is 1. The first kappa shape index (κ1) is 28.8. The van der Waals surface area contributed by atoms with E-state index in [-0.39, 0.29) is 29.7 Å². The van der Waals surface area contributed by atoms with Gasteiger partial charge in [-0.15, -0.1) is 0 Å². The topological polar surface area (TPSA) is 128 Å². The smallest absolute Gasteiger partial charge is 0.293 e. The molecule has 1 saturated heterocycles. The van der Waals surface area contributed by atoms with Crippen molar-refractivity contribution in [2.75, 3.05) is 19.0 Å². The highest BCUT2D eigenvalue weighted by Crippen LogP contribution is 2.35. The number of nitro benzene ring substituents is 1. The van der Waals surface area contributed by atoms with E-state index in [0.717, 1.165) is 32.3 Å². The maximum absolute atomic E-state index is 12.9. The van der Waals surface area contributed by atoms with Gasteiger partial charge in [-0.3, -0.25) is 29.4 Å². The zero-order valence-corrected chi connectivity index (χ0v) is 24.1. The second kappa shape index (κ2) is 12.3. The molecule has 0 spiro atoms. The number of hydrogen-bond donors (Lipinski definition) is 1. The third kappa shape index (κ3) is 6.52. The molecule has 0 unspecified atom stereocenters. The van der Waals surface area contributed by atoms with Gasteiger partial charge in [0.2, 0.25) is 0 Å². The van der Waals surface area contributed by atoms with E-state index in [1.165, 1.54) is 31.4 Å². The van der Waals surface area contributed by atoms with E-state index in [2.05, 4.69) is 21.2 Å². The van der Waals surface area contributed by atoms with E-state index in [0.29, 0.717) is 28.3 Å². The Labute approximate surface area is 242 Å². The van der Waals surface area contributed by atoms with E-state index in [1.807, 2.05) is 26.0 Å². The highest BCUT2D eigenvalue weighted by Gasteiger charge is 2.35. The molecular weight excluding hydrogens is 602 g/mol. The lowest BCUT2D eigenvalue weighted by molar-refractivity contribution is -0.384. The summed E-state index contributed by atoms with van der Waals surface area (Å²) in [6, 6.07) is 14.3. The molecule has 0 aliphatic carbocycles. The third-order valence-corrected chi connectivity index (χ3v) is 7.97. The van der Waals surface area contributed by atoms with Crippen LogP contribution >= 0.6 is 27.7 Å². The molecular formula is C28H24BrN3O7S. The van der Waals surface area contributed by atoms with Crippen LogP contribution in [-0.4, -0.2) is 40.6 Å². The van der Waals surface area contributed by atoms with Gasteiger partial charge < -0.3 is 14.8 Å². The van der Waals surface area contributed by atoms with E-state index >= 15 is 0 Å². The highest BCUT2D eigenvalue weighted by atomic mass is 79.9. The molecule has 3 amide bonds. The van der Waals surface area contributed by atoms with Crippen molar-refractivity contribution in [1.82, 2.24) is 4.90 Å². The molecule has 12 heteroatoms. The first-order valence-corrected chi connectivity index (χ1v) is 13.5. The molecule has 0 bridgehead atoms. The number of nitrogens with zero attached hydrogens (tertiary/aromatic N) is 2. The molecule has 206 valence electrons. The maximum Gasteiger partial charge on any atom is 0.293 e. The summed E-state index contributed by atoms with van der Waals surface area (Å²) in [5.74, 6) is -0.118. The average molecular weight is 626 g/mol. The number of amides is 3. The van der Waals surface area contributed by atoms with Crippen molar-refractivity contribution in [2.45, 2.75) is 20.4 Å². The molecule has 0 saturated carbocycles. The Morgan fingerprint density at radius 1 is 1.07 bits per heavy atom. The van der Waals surface area contributed by atoms with Crippen LogP contribution in [0.4, 0.5) is 16.2 Å². The third-order valence-electron chi connectivity index (χ3n) is 6.20. The number of hydrogen-bond acceptors (Lipinski definition) is 8. The predicted octanol–water partition coefficient (Wildman–Crippen LogP) is 6.24. The minimum Gasteiger partial charge on any atom is -0.493 e. The lowest BCUT2D eigenvalue weighted by Crippen LogP contribution is -2.27. The van der Waals surface area contributed by atoms with Crippen molar-refractivity contribution >= 4 is 62.2 Å². The SMILES string of the molecule is COc1cc(/C=C2\SC(=O)N(Cc3ccc([N+](=O)[O-])cc3)C2=O)ccc1OCC(=O)Nc1ccc(Br)c(C)c1C. The lowest BCUT2D eigenvalue weighted by Gasteiger charge is -2.14. The number of benzene rings is 3. The predicted molar refractivity (Wildman–Crippen MR) is 155 cm³/mol. The van der Waals surface area contributed by atoms with Gasteiger partial charge in [0.1, 0.15) is 0 Å². The highest BCUT2D eigenvalue weighted by molar-refractivity contribution is 9.10. The molecule has 10 nitrogen and oxygen atoms in total. The van der Waals surface area contributed by atoms with Gasteiger partial charge in [-0.2, -0.15) is 0 Å². The number of halogens is 1. The molecule has 3 aromatic rings. The molecule has 40 heavy (non-hydrogen) atoms.